The summed E-state index contributed by atoms with van der Waals surface area (Å²) < 4.78 is 6.65. The molecule has 6 nitrogen and oxygen atoms in total. The van der Waals surface area contributed by atoms with Crippen molar-refractivity contribution < 1.29 is 9.53 Å². The van der Waals surface area contributed by atoms with Crippen molar-refractivity contribution in [2.45, 2.75) is 80.1 Å². The standard InChI is InChI=1S/C28H40N4O2/c1-12-13-19(26(2,3)4)14-23(31-25(33)34-11)22-15-20(27(5,6)7)16-24(30-22)32-18-21(17-29-32)28(8,9)10/h12-18H,1-11H3/b13-12-,19-14+,31-23-. The van der Waals surface area contributed by atoms with Gasteiger partial charge in [0.1, 0.15) is 0 Å². The minimum atomic E-state index is -0.668. The van der Waals surface area contributed by atoms with E-state index in [4.69, 9.17) is 9.72 Å². The van der Waals surface area contributed by atoms with E-state index in [1.54, 1.807) is 4.68 Å². The fraction of sp³-hybridized carbons (Fsp3) is 0.500. The number of ether oxygens (including phenoxy) is 1. The largest absolute Gasteiger partial charge is 0.451 e. The number of hydrogen-bond acceptors (Lipinski definition) is 4. The molecule has 2 aromatic heterocycles. The average Bonchev–Trinajstić information content (AvgIpc) is 3.22. The lowest BCUT2D eigenvalue weighted by Gasteiger charge is -2.22. The first-order valence-corrected chi connectivity index (χ1v) is 11.7. The smallest absolute Gasteiger partial charge is 0.433 e. The van der Waals surface area contributed by atoms with Gasteiger partial charge in [-0.3, -0.25) is 0 Å². The molecule has 0 saturated heterocycles. The van der Waals surface area contributed by atoms with Crippen LogP contribution in [0.25, 0.3) is 5.82 Å². The van der Waals surface area contributed by atoms with Gasteiger partial charge in [0.05, 0.1) is 24.7 Å². The molecule has 2 heterocycles. The number of aliphatic imine (C=N–C) groups is 1. The Bertz CT molecular complexity index is 1110. The first-order chi connectivity index (χ1) is 15.6. The number of rotatable bonds is 4. The first-order valence-electron chi connectivity index (χ1n) is 11.7. The van der Waals surface area contributed by atoms with Crippen molar-refractivity contribution in [2.75, 3.05) is 7.11 Å². The summed E-state index contributed by atoms with van der Waals surface area (Å²) in [6.07, 6.45) is 9.14. The van der Waals surface area contributed by atoms with Gasteiger partial charge in [0.15, 0.2) is 5.82 Å². The van der Waals surface area contributed by atoms with Crippen molar-refractivity contribution >= 4 is 11.8 Å². The van der Waals surface area contributed by atoms with Crippen LogP contribution in [-0.2, 0) is 15.6 Å². The van der Waals surface area contributed by atoms with Crippen LogP contribution in [0.15, 0.2) is 53.3 Å². The topological polar surface area (TPSA) is 69.4 Å². The second kappa shape index (κ2) is 10.1. The summed E-state index contributed by atoms with van der Waals surface area (Å²) in [5, 5.41) is 4.58. The molecule has 0 fully saturated rings. The molecule has 6 heteroatoms. The number of pyridine rings is 1. The van der Waals surface area contributed by atoms with Crippen molar-refractivity contribution in [2.24, 2.45) is 10.4 Å². The molecule has 0 N–H and O–H groups in total. The minimum absolute atomic E-state index is 0.0307. The Hall–Kier alpha value is -3.02. The molecule has 0 radical (unpaired) electrons. The van der Waals surface area contributed by atoms with E-state index in [1.807, 2.05) is 49.7 Å². The van der Waals surface area contributed by atoms with Crippen LogP contribution in [0.4, 0.5) is 4.79 Å². The van der Waals surface area contributed by atoms with Gasteiger partial charge >= 0.3 is 6.09 Å². The van der Waals surface area contributed by atoms with Gasteiger partial charge < -0.3 is 4.74 Å². The number of methoxy groups -OCH3 is 1. The Morgan fingerprint density at radius 2 is 1.62 bits per heavy atom. The highest BCUT2D eigenvalue weighted by molar-refractivity contribution is 6.12. The number of allylic oxidation sites excluding steroid dienone is 4. The van der Waals surface area contributed by atoms with Crippen LogP contribution in [0, 0.1) is 5.41 Å². The van der Waals surface area contributed by atoms with E-state index in [0.717, 1.165) is 16.7 Å². The average molecular weight is 465 g/mol. The van der Waals surface area contributed by atoms with Crippen molar-refractivity contribution in [3.05, 3.63) is 65.1 Å². The molecule has 0 saturated carbocycles. The summed E-state index contributed by atoms with van der Waals surface area (Å²) >= 11 is 0. The highest BCUT2D eigenvalue weighted by atomic mass is 16.5. The lowest BCUT2D eigenvalue weighted by atomic mass is 9.84. The van der Waals surface area contributed by atoms with E-state index in [-0.39, 0.29) is 16.2 Å². The van der Waals surface area contributed by atoms with Gasteiger partial charge in [0.2, 0.25) is 0 Å². The number of carbonyl (C=O) groups is 1. The third-order valence-electron chi connectivity index (χ3n) is 5.51. The zero-order valence-electron chi connectivity index (χ0n) is 22.6. The van der Waals surface area contributed by atoms with E-state index >= 15 is 0 Å². The van der Waals surface area contributed by atoms with Crippen LogP contribution in [0.5, 0.6) is 0 Å². The van der Waals surface area contributed by atoms with E-state index in [9.17, 15) is 4.79 Å². The zero-order chi connectivity index (χ0) is 25.9. The monoisotopic (exact) mass is 464 g/mol. The maximum absolute atomic E-state index is 12.2. The van der Waals surface area contributed by atoms with Crippen molar-refractivity contribution in [3.8, 4) is 5.82 Å². The molecule has 0 aromatic carbocycles. The number of nitrogens with zero attached hydrogens (tertiary/aromatic N) is 4. The Morgan fingerprint density at radius 1 is 1.00 bits per heavy atom. The van der Waals surface area contributed by atoms with Gasteiger partial charge in [0.25, 0.3) is 0 Å². The summed E-state index contributed by atoms with van der Waals surface area (Å²) in [5.41, 5.74) is 3.91. The molecule has 0 spiro atoms. The molecule has 0 aliphatic carbocycles. The quantitative estimate of drug-likeness (QED) is 0.362. The Morgan fingerprint density at radius 3 is 2.09 bits per heavy atom. The fourth-order valence-corrected chi connectivity index (χ4v) is 3.18. The molecular weight excluding hydrogens is 424 g/mol. The molecular formula is C28H40N4O2. The molecule has 0 unspecified atom stereocenters. The van der Waals surface area contributed by atoms with Crippen molar-refractivity contribution in [1.82, 2.24) is 14.8 Å². The molecule has 184 valence electrons. The SMILES string of the molecule is C\C=C/C(=C\C(=N\C(=O)OC)c1cc(C(C)(C)C)cc(-n2cc(C(C)(C)C)cn2)n1)C(C)(C)C. The van der Waals surface area contributed by atoms with Crippen LogP contribution >= 0.6 is 0 Å². The molecule has 0 aliphatic heterocycles. The Balaban J connectivity index is 2.82. The van der Waals surface area contributed by atoms with E-state index in [0.29, 0.717) is 17.2 Å². The van der Waals surface area contributed by atoms with Crippen LogP contribution in [-0.4, -0.2) is 33.7 Å². The minimum Gasteiger partial charge on any atom is -0.451 e. The van der Waals surface area contributed by atoms with Crippen molar-refractivity contribution in [1.29, 1.82) is 0 Å². The second-order valence-corrected chi connectivity index (χ2v) is 11.6. The zero-order valence-corrected chi connectivity index (χ0v) is 22.6. The maximum atomic E-state index is 12.2. The third-order valence-corrected chi connectivity index (χ3v) is 5.51. The van der Waals surface area contributed by atoms with Gasteiger partial charge in [-0.15, -0.1) is 0 Å². The second-order valence-electron chi connectivity index (χ2n) is 11.6. The molecule has 0 aliphatic rings. The van der Waals surface area contributed by atoms with Gasteiger partial charge in [-0.2, -0.15) is 10.1 Å². The van der Waals surface area contributed by atoms with Gasteiger partial charge in [-0.1, -0.05) is 74.5 Å². The van der Waals surface area contributed by atoms with Crippen LogP contribution in [0.3, 0.4) is 0 Å². The number of hydrogen-bond donors (Lipinski definition) is 0. The normalized spacial score (nSPS) is 14.1. The lowest BCUT2D eigenvalue weighted by molar-refractivity contribution is 0.182. The summed E-state index contributed by atoms with van der Waals surface area (Å²) in [5.74, 6) is 0.673. The van der Waals surface area contributed by atoms with Gasteiger partial charge in [-0.25, -0.2) is 14.5 Å². The van der Waals surface area contributed by atoms with Crippen molar-refractivity contribution in [3.63, 3.8) is 0 Å². The predicted molar refractivity (Wildman–Crippen MR) is 140 cm³/mol. The van der Waals surface area contributed by atoms with Crippen LogP contribution in [0.1, 0.15) is 86.1 Å². The van der Waals surface area contributed by atoms with Gasteiger partial charge in [0, 0.05) is 6.20 Å². The molecule has 0 atom stereocenters. The number of carbonyl (C=O) groups excluding carboxylic acids is 1. The van der Waals surface area contributed by atoms with E-state index in [2.05, 4.69) is 72.4 Å². The highest BCUT2D eigenvalue weighted by Gasteiger charge is 2.22. The molecule has 2 rings (SSSR count). The molecule has 34 heavy (non-hydrogen) atoms. The number of amides is 1. The summed E-state index contributed by atoms with van der Waals surface area (Å²) in [4.78, 5) is 21.4. The maximum Gasteiger partial charge on any atom is 0.433 e. The van der Waals surface area contributed by atoms with Crippen LogP contribution in [0.2, 0.25) is 0 Å². The number of aromatic nitrogens is 3. The predicted octanol–water partition coefficient (Wildman–Crippen LogP) is 6.97. The van der Waals surface area contributed by atoms with E-state index < -0.39 is 6.09 Å². The molecule has 0 bridgehead atoms. The molecule has 1 amide bonds. The molecule has 2 aromatic rings. The third kappa shape index (κ3) is 6.99. The highest BCUT2D eigenvalue weighted by Crippen LogP contribution is 2.29. The van der Waals surface area contributed by atoms with Crippen LogP contribution < -0.4 is 0 Å². The lowest BCUT2D eigenvalue weighted by Crippen LogP contribution is -2.17. The van der Waals surface area contributed by atoms with E-state index in [1.165, 1.54) is 7.11 Å². The first kappa shape index (κ1) is 27.2. The Kier molecular flexibility index (Phi) is 8.07. The van der Waals surface area contributed by atoms with Gasteiger partial charge in [-0.05, 0) is 58.1 Å². The summed E-state index contributed by atoms with van der Waals surface area (Å²) in [6.45, 7) is 21.2. The fourth-order valence-electron chi connectivity index (χ4n) is 3.18. The summed E-state index contributed by atoms with van der Waals surface area (Å²) in [7, 11) is 1.33. The summed E-state index contributed by atoms with van der Waals surface area (Å²) in [6, 6.07) is 4.03. The Labute approximate surface area is 204 Å².